The second kappa shape index (κ2) is 5.51. The van der Waals surface area contributed by atoms with Crippen LogP contribution in [0.2, 0.25) is 5.02 Å². The predicted molar refractivity (Wildman–Crippen MR) is 78.5 cm³/mol. The maximum absolute atomic E-state index is 13.3. The van der Waals surface area contributed by atoms with Crippen molar-refractivity contribution in [1.82, 2.24) is 9.55 Å². The molecule has 2 aromatic rings. The van der Waals surface area contributed by atoms with Crippen molar-refractivity contribution in [3.8, 4) is 5.69 Å². The quantitative estimate of drug-likeness (QED) is 0.853. The van der Waals surface area contributed by atoms with Gasteiger partial charge in [0.2, 0.25) is 5.91 Å². The molecule has 116 valence electrons. The number of imidazole rings is 1. The summed E-state index contributed by atoms with van der Waals surface area (Å²) in [6.45, 7) is 0. The average molecular weight is 348 g/mol. The molecule has 0 radical (unpaired) electrons. The molecule has 1 aliphatic rings. The molecule has 1 atom stereocenters. The van der Waals surface area contributed by atoms with E-state index in [1.165, 1.54) is 10.9 Å². The molecule has 9 heteroatoms. The first-order valence-corrected chi connectivity index (χ1v) is 7.60. The third kappa shape index (κ3) is 2.80. The minimum Gasteiger partial charge on any atom is -0.308 e. The number of thioether (sulfide) groups is 1. The predicted octanol–water partition coefficient (Wildman–Crippen LogP) is 3.81. The van der Waals surface area contributed by atoms with Crippen molar-refractivity contribution in [2.45, 2.75) is 11.4 Å². The second-order valence-electron chi connectivity index (χ2n) is 4.61. The van der Waals surface area contributed by atoms with Gasteiger partial charge in [-0.05, 0) is 24.3 Å². The summed E-state index contributed by atoms with van der Waals surface area (Å²) in [7, 11) is 0. The van der Waals surface area contributed by atoms with Crippen LogP contribution in [0, 0.1) is 0 Å². The molecule has 4 nitrogen and oxygen atoms in total. The lowest BCUT2D eigenvalue weighted by atomic mass is 10.2. The lowest BCUT2D eigenvalue weighted by Gasteiger charge is -2.20. The van der Waals surface area contributed by atoms with Gasteiger partial charge in [0, 0.05) is 10.7 Å². The number of fused-ring (bicyclic) bond motifs is 1. The van der Waals surface area contributed by atoms with Gasteiger partial charge in [0.05, 0.1) is 11.4 Å². The molecule has 22 heavy (non-hydrogen) atoms. The topological polar surface area (TPSA) is 46.9 Å². The highest BCUT2D eigenvalue weighted by molar-refractivity contribution is 8.00. The van der Waals surface area contributed by atoms with Crippen LogP contribution in [0.1, 0.15) is 10.9 Å². The zero-order valence-electron chi connectivity index (χ0n) is 10.9. The molecule has 2 heterocycles. The Balaban J connectivity index is 2.15. The Bertz CT molecular complexity index is 714. The van der Waals surface area contributed by atoms with Gasteiger partial charge < -0.3 is 5.32 Å². The van der Waals surface area contributed by atoms with Crippen LogP contribution in [0.25, 0.3) is 5.69 Å². The number of hydrogen-bond acceptors (Lipinski definition) is 3. The molecule has 1 aromatic carbocycles. The van der Waals surface area contributed by atoms with E-state index in [4.69, 9.17) is 11.6 Å². The number of nitrogens with one attached hydrogen (secondary N) is 1. The Labute approximate surface area is 132 Å². The molecule has 1 aromatic heterocycles. The number of carbonyl (C=O) groups excluding carboxylic acids is 1. The van der Waals surface area contributed by atoms with Crippen molar-refractivity contribution in [2.24, 2.45) is 0 Å². The number of nitrogens with zero attached hydrogens (tertiary/aromatic N) is 2. The third-order valence-corrected chi connectivity index (χ3v) is 4.60. The van der Waals surface area contributed by atoms with Crippen LogP contribution < -0.4 is 5.32 Å². The largest absolute Gasteiger partial charge is 0.406 e. The van der Waals surface area contributed by atoms with E-state index in [9.17, 15) is 18.0 Å². The smallest absolute Gasteiger partial charge is 0.308 e. The summed E-state index contributed by atoms with van der Waals surface area (Å²) in [5.41, 5.74) is 0.398. The van der Waals surface area contributed by atoms with Crippen molar-refractivity contribution in [3.05, 3.63) is 41.3 Å². The lowest BCUT2D eigenvalue weighted by molar-refractivity contribution is -0.130. The maximum atomic E-state index is 13.3. The van der Waals surface area contributed by atoms with Crippen LogP contribution in [0.15, 0.2) is 30.6 Å². The van der Waals surface area contributed by atoms with E-state index in [0.717, 1.165) is 0 Å². The van der Waals surface area contributed by atoms with Crippen LogP contribution in [0.5, 0.6) is 0 Å². The van der Waals surface area contributed by atoms with Gasteiger partial charge in [-0.3, -0.25) is 9.36 Å². The van der Waals surface area contributed by atoms with Gasteiger partial charge in [-0.15, -0.1) is 11.8 Å². The Morgan fingerprint density at radius 3 is 2.64 bits per heavy atom. The number of aromatic nitrogens is 2. The van der Waals surface area contributed by atoms with Crippen molar-refractivity contribution in [1.29, 1.82) is 0 Å². The molecular formula is C13H9ClF3N3OS. The number of benzene rings is 1. The Hall–Kier alpha value is -1.67. The molecule has 1 amide bonds. The molecule has 0 saturated carbocycles. The zero-order valence-corrected chi connectivity index (χ0v) is 12.5. The summed E-state index contributed by atoms with van der Waals surface area (Å²) in [5, 5.41) is 1.05. The first-order valence-electron chi connectivity index (χ1n) is 6.17. The van der Waals surface area contributed by atoms with Gasteiger partial charge in [-0.25, -0.2) is 4.98 Å². The molecule has 0 unspecified atom stereocenters. The number of hydrogen-bond donors (Lipinski definition) is 1. The average Bonchev–Trinajstić information content (AvgIpc) is 2.74. The van der Waals surface area contributed by atoms with Gasteiger partial charge in [-0.1, -0.05) is 11.6 Å². The monoisotopic (exact) mass is 347 g/mol. The normalized spacial score (nSPS) is 18.5. The van der Waals surface area contributed by atoms with Crippen molar-refractivity contribution < 1.29 is 18.0 Å². The maximum Gasteiger partial charge on any atom is 0.406 e. The van der Waals surface area contributed by atoms with E-state index in [2.05, 4.69) is 10.3 Å². The standard InChI is InChI=1S/C13H9ClF3N3OS/c14-7-1-3-8(4-2-7)20-6-18-12-10(20)11(13(15,16)17)22-5-9(21)19-12/h1-4,6,11H,5H2,(H,19,21)/t11-/m1/s1. The summed E-state index contributed by atoms with van der Waals surface area (Å²) in [6.07, 6.45) is -3.23. The van der Waals surface area contributed by atoms with Crippen LogP contribution >= 0.6 is 23.4 Å². The van der Waals surface area contributed by atoms with E-state index in [1.54, 1.807) is 24.3 Å². The minimum absolute atomic E-state index is 0.0627. The number of rotatable bonds is 1. The minimum atomic E-state index is -4.49. The SMILES string of the molecule is O=C1CS[C@@H](C(F)(F)F)c2c(ncn2-c2ccc(Cl)cc2)N1. The van der Waals surface area contributed by atoms with Crippen LogP contribution in [-0.4, -0.2) is 27.4 Å². The van der Waals surface area contributed by atoms with Crippen LogP contribution in [0.4, 0.5) is 19.0 Å². The van der Waals surface area contributed by atoms with Gasteiger partial charge in [-0.2, -0.15) is 13.2 Å². The molecule has 0 saturated heterocycles. The van der Waals surface area contributed by atoms with Gasteiger partial charge in [0.25, 0.3) is 0 Å². The van der Waals surface area contributed by atoms with E-state index < -0.39 is 17.3 Å². The fourth-order valence-corrected chi connectivity index (χ4v) is 3.26. The summed E-state index contributed by atoms with van der Waals surface area (Å²) in [5.74, 6) is -0.840. The summed E-state index contributed by atoms with van der Waals surface area (Å²) in [6, 6.07) is 6.34. The van der Waals surface area contributed by atoms with Crippen LogP contribution in [-0.2, 0) is 4.79 Å². The molecule has 0 bridgehead atoms. The van der Waals surface area contributed by atoms with Crippen molar-refractivity contribution in [2.75, 3.05) is 11.1 Å². The molecule has 1 N–H and O–H groups in total. The van der Waals surface area contributed by atoms with Gasteiger partial charge in [0.15, 0.2) is 5.82 Å². The molecule has 0 spiro atoms. The van der Waals surface area contributed by atoms with E-state index in [0.29, 0.717) is 22.5 Å². The Morgan fingerprint density at radius 2 is 2.00 bits per heavy atom. The lowest BCUT2D eigenvalue weighted by Crippen LogP contribution is -2.20. The molecule has 0 aliphatic carbocycles. The Morgan fingerprint density at radius 1 is 1.32 bits per heavy atom. The highest BCUT2D eigenvalue weighted by Crippen LogP contribution is 2.47. The summed E-state index contributed by atoms with van der Waals surface area (Å²) < 4.78 is 41.4. The number of anilines is 1. The second-order valence-corrected chi connectivity index (χ2v) is 6.14. The number of halogens is 4. The summed E-state index contributed by atoms with van der Waals surface area (Å²) >= 11 is 6.33. The number of carbonyl (C=O) groups is 1. The highest BCUT2D eigenvalue weighted by atomic mass is 35.5. The van der Waals surface area contributed by atoms with Crippen LogP contribution in [0.3, 0.4) is 0 Å². The van der Waals surface area contributed by atoms with Gasteiger partial charge in [0.1, 0.15) is 11.6 Å². The van der Waals surface area contributed by atoms with Crippen molar-refractivity contribution >= 4 is 35.1 Å². The molecule has 1 aliphatic heterocycles. The highest BCUT2D eigenvalue weighted by Gasteiger charge is 2.46. The fraction of sp³-hybridized carbons (Fsp3) is 0.231. The van der Waals surface area contributed by atoms with E-state index >= 15 is 0 Å². The molecule has 0 fully saturated rings. The van der Waals surface area contributed by atoms with Gasteiger partial charge >= 0.3 is 6.18 Å². The Kier molecular flexibility index (Phi) is 3.82. The molecule has 3 rings (SSSR count). The number of amides is 1. The van der Waals surface area contributed by atoms with E-state index in [-0.39, 0.29) is 17.3 Å². The number of alkyl halides is 3. The fourth-order valence-electron chi connectivity index (χ4n) is 2.17. The first kappa shape index (κ1) is 15.2. The summed E-state index contributed by atoms with van der Waals surface area (Å²) in [4.78, 5) is 15.5. The third-order valence-electron chi connectivity index (χ3n) is 3.09. The van der Waals surface area contributed by atoms with E-state index in [1.807, 2.05) is 0 Å². The zero-order chi connectivity index (χ0) is 15.9. The molecular weight excluding hydrogens is 339 g/mol. The first-order chi connectivity index (χ1) is 10.4. The van der Waals surface area contributed by atoms with Crippen molar-refractivity contribution in [3.63, 3.8) is 0 Å².